The minimum absolute atomic E-state index is 0.0511. The Morgan fingerprint density at radius 1 is 1.00 bits per heavy atom. The summed E-state index contributed by atoms with van der Waals surface area (Å²) in [5.74, 6) is -1.10. The van der Waals surface area contributed by atoms with Gasteiger partial charge in [-0.1, -0.05) is 18.7 Å². The van der Waals surface area contributed by atoms with Gasteiger partial charge in [0.15, 0.2) is 5.43 Å². The molecule has 0 unspecified atom stereocenters. The summed E-state index contributed by atoms with van der Waals surface area (Å²) >= 11 is 1.50. The maximum Gasteiger partial charge on any atom is 0.338 e. The molecule has 0 spiro atoms. The molecule has 3 rings (SSSR count). The van der Waals surface area contributed by atoms with Gasteiger partial charge in [-0.05, 0) is 37.3 Å². The molecule has 2 aromatic carbocycles. The van der Waals surface area contributed by atoms with Crippen molar-refractivity contribution < 1.29 is 19.1 Å². The summed E-state index contributed by atoms with van der Waals surface area (Å²) in [4.78, 5) is 36.1. The zero-order valence-corrected chi connectivity index (χ0v) is 14.9. The molecule has 1 heterocycles. The first-order chi connectivity index (χ1) is 12.5. The monoisotopic (exact) mass is 368 g/mol. The first-order valence-corrected chi connectivity index (χ1v) is 8.74. The molecule has 0 fully saturated rings. The van der Waals surface area contributed by atoms with Crippen molar-refractivity contribution in [1.29, 1.82) is 0 Å². The average Bonchev–Trinajstić information content (AvgIpc) is 2.64. The van der Waals surface area contributed by atoms with Gasteiger partial charge in [0.05, 0.1) is 5.56 Å². The fraction of sp³-hybridized carbons (Fsp3) is 0.150. The van der Waals surface area contributed by atoms with Gasteiger partial charge in [-0.2, -0.15) is 0 Å². The molecule has 5 nitrogen and oxygen atoms in total. The van der Waals surface area contributed by atoms with Crippen molar-refractivity contribution in [2.45, 2.75) is 6.92 Å². The van der Waals surface area contributed by atoms with Crippen LogP contribution in [0.2, 0.25) is 0 Å². The van der Waals surface area contributed by atoms with Gasteiger partial charge in [-0.15, -0.1) is 11.3 Å². The van der Waals surface area contributed by atoms with E-state index in [0.717, 1.165) is 9.40 Å². The molecule has 0 amide bonds. The quantitative estimate of drug-likeness (QED) is 0.297. The number of hydrogen-bond donors (Lipinski definition) is 0. The first-order valence-electron chi connectivity index (χ1n) is 7.93. The van der Waals surface area contributed by atoms with E-state index in [-0.39, 0.29) is 29.8 Å². The van der Waals surface area contributed by atoms with Gasteiger partial charge in [0.2, 0.25) is 0 Å². The molecule has 26 heavy (non-hydrogen) atoms. The predicted molar refractivity (Wildman–Crippen MR) is 102 cm³/mol. The van der Waals surface area contributed by atoms with Crippen molar-refractivity contribution in [3.8, 4) is 0 Å². The molecule has 3 aromatic rings. The number of esters is 2. The lowest BCUT2D eigenvalue weighted by molar-refractivity contribution is -0.140. The maximum atomic E-state index is 12.7. The summed E-state index contributed by atoms with van der Waals surface area (Å²) in [6, 6.07) is 12.3. The molecule has 0 aliphatic heterocycles. The normalized spacial score (nSPS) is 10.7. The highest BCUT2D eigenvalue weighted by Gasteiger charge is 2.12. The molecule has 0 atom stereocenters. The summed E-state index contributed by atoms with van der Waals surface area (Å²) in [5.41, 5.74) is 0.449. The van der Waals surface area contributed by atoms with Crippen molar-refractivity contribution in [1.82, 2.24) is 0 Å². The number of fused-ring (bicyclic) bond motifs is 2. The van der Waals surface area contributed by atoms with E-state index in [2.05, 4.69) is 6.58 Å². The highest BCUT2D eigenvalue weighted by Crippen LogP contribution is 2.25. The standard InChI is InChI=1S/C20H16O5S/c1-12(2)19(22)24-9-10-25-20(23)13-7-8-17-15(11-13)18(21)14-5-3-4-6-16(14)26-17/h3-8,11H,1,9-10H2,2H3. The van der Waals surface area contributed by atoms with E-state index in [1.807, 2.05) is 18.2 Å². The molecule has 0 aliphatic carbocycles. The lowest BCUT2D eigenvalue weighted by Crippen LogP contribution is -2.14. The van der Waals surface area contributed by atoms with Crippen LogP contribution in [-0.4, -0.2) is 25.2 Å². The van der Waals surface area contributed by atoms with Crippen LogP contribution < -0.4 is 5.43 Å². The van der Waals surface area contributed by atoms with E-state index < -0.39 is 11.9 Å². The lowest BCUT2D eigenvalue weighted by atomic mass is 10.1. The first kappa shape index (κ1) is 17.8. The Hall–Kier alpha value is -2.99. The fourth-order valence-electron chi connectivity index (χ4n) is 2.41. The Labute approximate surface area is 153 Å². The number of ether oxygens (including phenoxy) is 2. The molecule has 0 bridgehead atoms. The van der Waals surface area contributed by atoms with Crippen molar-refractivity contribution >= 4 is 43.4 Å². The zero-order chi connectivity index (χ0) is 18.7. The highest BCUT2D eigenvalue weighted by molar-refractivity contribution is 7.24. The van der Waals surface area contributed by atoms with Crippen LogP contribution in [0.15, 0.2) is 59.4 Å². The molecule has 6 heteroatoms. The van der Waals surface area contributed by atoms with Gasteiger partial charge in [-0.25, -0.2) is 9.59 Å². The molecule has 0 saturated heterocycles. The van der Waals surface area contributed by atoms with E-state index in [4.69, 9.17) is 9.47 Å². The number of benzene rings is 2. The van der Waals surface area contributed by atoms with Gasteiger partial charge in [0.25, 0.3) is 0 Å². The van der Waals surface area contributed by atoms with E-state index in [1.165, 1.54) is 18.3 Å². The van der Waals surface area contributed by atoms with Crippen LogP contribution in [0.5, 0.6) is 0 Å². The number of carbonyl (C=O) groups excluding carboxylic acids is 2. The van der Waals surface area contributed by atoms with Crippen molar-refractivity contribution in [3.63, 3.8) is 0 Å². The zero-order valence-electron chi connectivity index (χ0n) is 14.1. The van der Waals surface area contributed by atoms with Crippen LogP contribution in [0, 0.1) is 0 Å². The average molecular weight is 368 g/mol. The maximum absolute atomic E-state index is 12.7. The lowest BCUT2D eigenvalue weighted by Gasteiger charge is -2.07. The molecule has 0 radical (unpaired) electrons. The topological polar surface area (TPSA) is 69.7 Å². The van der Waals surface area contributed by atoms with Gasteiger partial charge in [0, 0.05) is 25.7 Å². The van der Waals surface area contributed by atoms with E-state index in [9.17, 15) is 14.4 Å². The van der Waals surface area contributed by atoms with Crippen LogP contribution in [0.1, 0.15) is 17.3 Å². The van der Waals surface area contributed by atoms with Gasteiger partial charge in [-0.3, -0.25) is 4.79 Å². The number of carbonyl (C=O) groups is 2. The largest absolute Gasteiger partial charge is 0.459 e. The van der Waals surface area contributed by atoms with E-state index >= 15 is 0 Å². The second-order valence-corrected chi connectivity index (χ2v) is 6.77. The van der Waals surface area contributed by atoms with E-state index in [1.54, 1.807) is 24.3 Å². The molecule has 1 aromatic heterocycles. The second kappa shape index (κ2) is 7.49. The van der Waals surface area contributed by atoms with Crippen LogP contribution >= 0.6 is 11.3 Å². The molecular formula is C20H16O5S. The highest BCUT2D eigenvalue weighted by atomic mass is 32.1. The van der Waals surface area contributed by atoms with Crippen LogP contribution in [0.3, 0.4) is 0 Å². The summed E-state index contributed by atoms with van der Waals surface area (Å²) in [7, 11) is 0. The summed E-state index contributed by atoms with van der Waals surface area (Å²) in [6.45, 7) is 4.88. The molecule has 0 aliphatic rings. The van der Waals surface area contributed by atoms with Crippen molar-refractivity contribution in [3.05, 3.63) is 70.4 Å². The Morgan fingerprint density at radius 2 is 1.69 bits per heavy atom. The van der Waals surface area contributed by atoms with Gasteiger partial charge < -0.3 is 9.47 Å². The van der Waals surface area contributed by atoms with Crippen LogP contribution in [0.25, 0.3) is 20.2 Å². The smallest absolute Gasteiger partial charge is 0.338 e. The Morgan fingerprint density at radius 3 is 2.46 bits per heavy atom. The number of rotatable bonds is 5. The fourth-order valence-corrected chi connectivity index (χ4v) is 3.46. The predicted octanol–water partition coefficient (Wildman–Crippen LogP) is 3.69. The van der Waals surface area contributed by atoms with E-state index in [0.29, 0.717) is 10.8 Å². The summed E-state index contributed by atoms with van der Waals surface area (Å²) in [6.07, 6.45) is 0. The molecule has 0 saturated carbocycles. The third kappa shape index (κ3) is 3.65. The molecule has 0 N–H and O–H groups in total. The minimum atomic E-state index is -0.573. The van der Waals surface area contributed by atoms with Crippen molar-refractivity contribution in [2.75, 3.05) is 13.2 Å². The Balaban J connectivity index is 1.78. The third-order valence-electron chi connectivity index (χ3n) is 3.71. The van der Waals surface area contributed by atoms with Crippen molar-refractivity contribution in [2.24, 2.45) is 0 Å². The van der Waals surface area contributed by atoms with Gasteiger partial charge in [0.1, 0.15) is 13.2 Å². The number of hydrogen-bond acceptors (Lipinski definition) is 6. The summed E-state index contributed by atoms with van der Waals surface area (Å²) in [5, 5.41) is 1.11. The van der Waals surface area contributed by atoms with Crippen LogP contribution in [-0.2, 0) is 14.3 Å². The minimum Gasteiger partial charge on any atom is -0.459 e. The molecule has 132 valence electrons. The summed E-state index contributed by atoms with van der Waals surface area (Å²) < 4.78 is 11.7. The van der Waals surface area contributed by atoms with Gasteiger partial charge >= 0.3 is 11.9 Å². The second-order valence-electron chi connectivity index (χ2n) is 5.69. The Kier molecular flexibility index (Phi) is 5.14. The van der Waals surface area contributed by atoms with Crippen LogP contribution in [0.4, 0.5) is 0 Å². The third-order valence-corrected chi connectivity index (χ3v) is 4.86. The Bertz CT molecular complexity index is 1080. The SMILES string of the molecule is C=C(C)C(=O)OCCOC(=O)c1ccc2sc3ccccc3c(=O)c2c1. The molecular weight excluding hydrogens is 352 g/mol.